The lowest BCUT2D eigenvalue weighted by Crippen LogP contribution is -2.54. The highest BCUT2D eigenvalue weighted by atomic mass is 32.2. The first-order chi connectivity index (χ1) is 10.7. The molecule has 0 radical (unpaired) electrons. The monoisotopic (exact) mass is 337 g/mol. The molecule has 7 nitrogen and oxygen atoms in total. The number of sulfone groups is 1. The molecule has 0 saturated carbocycles. The molecule has 1 amide bonds. The third-order valence-corrected chi connectivity index (χ3v) is 6.83. The van der Waals surface area contributed by atoms with E-state index in [2.05, 4.69) is 0 Å². The number of nitriles is 1. The number of benzene rings is 1. The first-order valence-corrected chi connectivity index (χ1v) is 8.70. The van der Waals surface area contributed by atoms with Crippen molar-refractivity contribution in [2.24, 2.45) is 11.7 Å². The summed E-state index contributed by atoms with van der Waals surface area (Å²) in [5.74, 6) is -0.334. The molecule has 8 heteroatoms. The highest BCUT2D eigenvalue weighted by Gasteiger charge is 2.44. The van der Waals surface area contributed by atoms with Crippen molar-refractivity contribution in [3.8, 4) is 6.07 Å². The summed E-state index contributed by atoms with van der Waals surface area (Å²) < 4.78 is 25.7. The van der Waals surface area contributed by atoms with E-state index in [1.54, 1.807) is 0 Å². The number of likely N-dealkylation sites (tertiary alicyclic amines) is 1. The number of piperidine rings is 1. The summed E-state index contributed by atoms with van der Waals surface area (Å²) in [7, 11) is -3.80. The number of amides is 1. The van der Waals surface area contributed by atoms with Crippen LogP contribution in [-0.4, -0.2) is 42.5 Å². The van der Waals surface area contributed by atoms with Crippen LogP contribution in [0.1, 0.15) is 25.3 Å². The molecule has 0 aliphatic carbocycles. The Labute approximate surface area is 135 Å². The van der Waals surface area contributed by atoms with Crippen molar-refractivity contribution in [2.75, 3.05) is 13.1 Å². The van der Waals surface area contributed by atoms with Crippen LogP contribution in [0.5, 0.6) is 0 Å². The molecule has 23 heavy (non-hydrogen) atoms. The molecular formula is C15H19N3O4S. The fourth-order valence-corrected chi connectivity index (χ4v) is 4.50. The molecule has 0 aromatic heterocycles. The second-order valence-electron chi connectivity index (χ2n) is 5.87. The Balaban J connectivity index is 2.23. The summed E-state index contributed by atoms with van der Waals surface area (Å²) in [5, 5.41) is 17.8. The number of hydrogen-bond acceptors (Lipinski definition) is 5. The molecule has 0 bridgehead atoms. The van der Waals surface area contributed by atoms with Gasteiger partial charge in [-0.15, -0.1) is 0 Å². The van der Waals surface area contributed by atoms with E-state index >= 15 is 0 Å². The Hall–Kier alpha value is -2.11. The van der Waals surface area contributed by atoms with Gasteiger partial charge in [0.15, 0.2) is 9.84 Å². The number of nitrogens with two attached hydrogens (primary N) is 1. The summed E-state index contributed by atoms with van der Waals surface area (Å²) in [5.41, 5.74) is 6.55. The van der Waals surface area contributed by atoms with Gasteiger partial charge in [-0.1, -0.05) is 0 Å². The van der Waals surface area contributed by atoms with Crippen molar-refractivity contribution in [1.82, 2.24) is 4.90 Å². The van der Waals surface area contributed by atoms with Gasteiger partial charge >= 0.3 is 6.09 Å². The Morgan fingerprint density at radius 1 is 1.35 bits per heavy atom. The van der Waals surface area contributed by atoms with E-state index in [4.69, 9.17) is 16.1 Å². The van der Waals surface area contributed by atoms with Crippen molar-refractivity contribution in [1.29, 1.82) is 5.26 Å². The van der Waals surface area contributed by atoms with Gasteiger partial charge in [-0.3, -0.25) is 0 Å². The van der Waals surface area contributed by atoms with Crippen LogP contribution in [0.15, 0.2) is 29.2 Å². The Morgan fingerprint density at radius 2 is 1.87 bits per heavy atom. The molecule has 1 aromatic carbocycles. The topological polar surface area (TPSA) is 124 Å². The van der Waals surface area contributed by atoms with Crippen molar-refractivity contribution in [3.05, 3.63) is 29.8 Å². The quantitative estimate of drug-likeness (QED) is 0.859. The number of carbonyl (C=O) groups is 1. The molecule has 124 valence electrons. The van der Waals surface area contributed by atoms with Gasteiger partial charge in [0.05, 0.1) is 16.5 Å². The predicted molar refractivity (Wildman–Crippen MR) is 83.3 cm³/mol. The van der Waals surface area contributed by atoms with Gasteiger partial charge < -0.3 is 15.7 Å². The van der Waals surface area contributed by atoms with Gasteiger partial charge in [-0.2, -0.15) is 5.26 Å². The molecule has 1 saturated heterocycles. The minimum atomic E-state index is -3.80. The van der Waals surface area contributed by atoms with Crippen LogP contribution in [0.4, 0.5) is 4.79 Å². The smallest absolute Gasteiger partial charge is 0.407 e. The molecule has 1 aliphatic heterocycles. The normalized spacial score (nSPS) is 18.9. The van der Waals surface area contributed by atoms with Crippen LogP contribution < -0.4 is 5.73 Å². The summed E-state index contributed by atoms with van der Waals surface area (Å²) in [6.45, 7) is 2.02. The van der Waals surface area contributed by atoms with E-state index in [-0.39, 0.29) is 23.9 Å². The standard InChI is InChI=1S/C15H19N3O4S/c1-15(17,12-6-8-18(9-7-12)14(19)20)23(21,22)13-4-2-11(10-16)3-5-13/h2-5,12H,6-9,17H2,1H3,(H,19,20)/t15-/m1/s1. The third-order valence-electron chi connectivity index (χ3n) is 4.45. The van der Waals surface area contributed by atoms with Gasteiger partial charge in [-0.05, 0) is 49.9 Å². The van der Waals surface area contributed by atoms with Crippen LogP contribution in [0.2, 0.25) is 0 Å². The molecular weight excluding hydrogens is 318 g/mol. The summed E-state index contributed by atoms with van der Waals surface area (Å²) in [6.07, 6.45) is -0.207. The minimum absolute atomic E-state index is 0.0714. The zero-order valence-electron chi connectivity index (χ0n) is 12.8. The fraction of sp³-hybridized carbons (Fsp3) is 0.467. The maximum atomic E-state index is 12.8. The van der Waals surface area contributed by atoms with Crippen LogP contribution in [0.3, 0.4) is 0 Å². The van der Waals surface area contributed by atoms with E-state index in [1.807, 2.05) is 6.07 Å². The lowest BCUT2D eigenvalue weighted by Gasteiger charge is -2.39. The lowest BCUT2D eigenvalue weighted by molar-refractivity contribution is 0.118. The highest BCUT2D eigenvalue weighted by Crippen LogP contribution is 2.34. The van der Waals surface area contributed by atoms with Crippen molar-refractivity contribution >= 4 is 15.9 Å². The Bertz CT molecular complexity index is 727. The van der Waals surface area contributed by atoms with Crippen LogP contribution in [0.25, 0.3) is 0 Å². The van der Waals surface area contributed by atoms with E-state index in [0.29, 0.717) is 18.4 Å². The van der Waals surface area contributed by atoms with E-state index in [9.17, 15) is 13.2 Å². The zero-order valence-corrected chi connectivity index (χ0v) is 13.6. The van der Waals surface area contributed by atoms with Crippen molar-refractivity contribution in [3.63, 3.8) is 0 Å². The number of carboxylic acid groups (broad SMARTS) is 1. The molecule has 0 spiro atoms. The summed E-state index contributed by atoms with van der Waals surface area (Å²) in [6, 6.07) is 7.58. The number of nitrogens with zero attached hydrogens (tertiary/aromatic N) is 2. The second kappa shape index (κ2) is 6.18. The predicted octanol–water partition coefficient (Wildman–Crippen LogP) is 1.40. The van der Waals surface area contributed by atoms with E-state index in [1.165, 1.54) is 36.1 Å². The number of rotatable bonds is 3. The van der Waals surface area contributed by atoms with Crippen LogP contribution >= 0.6 is 0 Å². The number of hydrogen-bond donors (Lipinski definition) is 2. The molecule has 2 rings (SSSR count). The van der Waals surface area contributed by atoms with E-state index in [0.717, 1.165) is 0 Å². The summed E-state index contributed by atoms with van der Waals surface area (Å²) in [4.78, 5) is 10.8. The molecule has 3 N–H and O–H groups in total. The van der Waals surface area contributed by atoms with Gasteiger partial charge in [0.1, 0.15) is 4.87 Å². The lowest BCUT2D eigenvalue weighted by atomic mass is 9.90. The van der Waals surface area contributed by atoms with Gasteiger partial charge in [0, 0.05) is 13.1 Å². The average Bonchev–Trinajstić information content (AvgIpc) is 2.54. The zero-order chi connectivity index (χ0) is 17.3. The van der Waals surface area contributed by atoms with Gasteiger partial charge in [0.25, 0.3) is 0 Å². The van der Waals surface area contributed by atoms with E-state index < -0.39 is 20.8 Å². The fourth-order valence-electron chi connectivity index (χ4n) is 2.83. The first kappa shape index (κ1) is 17.2. The Morgan fingerprint density at radius 3 is 2.30 bits per heavy atom. The SMILES string of the molecule is C[C@](N)(C1CCN(C(=O)O)CC1)S(=O)(=O)c1ccc(C#N)cc1. The van der Waals surface area contributed by atoms with Crippen LogP contribution in [0, 0.1) is 17.2 Å². The van der Waals surface area contributed by atoms with Crippen molar-refractivity contribution in [2.45, 2.75) is 29.5 Å². The summed E-state index contributed by atoms with van der Waals surface area (Å²) >= 11 is 0. The first-order valence-electron chi connectivity index (χ1n) is 7.21. The minimum Gasteiger partial charge on any atom is -0.465 e. The maximum absolute atomic E-state index is 12.8. The van der Waals surface area contributed by atoms with Crippen molar-refractivity contribution < 1.29 is 18.3 Å². The highest BCUT2D eigenvalue weighted by molar-refractivity contribution is 7.92. The van der Waals surface area contributed by atoms with Gasteiger partial charge in [-0.25, -0.2) is 13.2 Å². The molecule has 1 atom stereocenters. The van der Waals surface area contributed by atoms with Crippen LogP contribution in [-0.2, 0) is 9.84 Å². The largest absolute Gasteiger partial charge is 0.465 e. The third kappa shape index (κ3) is 3.16. The Kier molecular flexibility index (Phi) is 4.63. The molecule has 1 aliphatic rings. The second-order valence-corrected chi connectivity index (χ2v) is 8.23. The van der Waals surface area contributed by atoms with Gasteiger partial charge in [0.2, 0.25) is 0 Å². The average molecular weight is 337 g/mol. The molecule has 1 fully saturated rings. The molecule has 1 heterocycles. The molecule has 1 aromatic rings. The molecule has 0 unspecified atom stereocenters. The maximum Gasteiger partial charge on any atom is 0.407 e.